The van der Waals surface area contributed by atoms with E-state index in [-0.39, 0.29) is 0 Å². The Morgan fingerprint density at radius 3 is 2.84 bits per heavy atom. The number of anilines is 1. The molecule has 98 valence electrons. The molecule has 1 aliphatic heterocycles. The average molecular weight is 256 g/mol. The summed E-state index contributed by atoms with van der Waals surface area (Å²) in [6.45, 7) is 2.65. The summed E-state index contributed by atoms with van der Waals surface area (Å²) in [5.74, 6) is 1.81. The van der Waals surface area contributed by atoms with E-state index < -0.39 is 0 Å². The molecule has 5 heteroatoms. The zero-order valence-corrected chi connectivity index (χ0v) is 10.6. The smallest absolute Gasteiger partial charge is 0.151 e. The number of benzene rings is 1. The third kappa shape index (κ3) is 2.51. The molecule has 2 N–H and O–H groups in total. The van der Waals surface area contributed by atoms with E-state index in [0.717, 1.165) is 30.4 Å². The lowest BCUT2D eigenvalue weighted by Gasteiger charge is -2.20. The van der Waals surface area contributed by atoms with Crippen LogP contribution in [0.25, 0.3) is 0 Å². The van der Waals surface area contributed by atoms with Gasteiger partial charge in [0.1, 0.15) is 12.4 Å². The molecule has 0 fully saturated rings. The van der Waals surface area contributed by atoms with Gasteiger partial charge in [-0.25, -0.2) is 0 Å². The second kappa shape index (κ2) is 5.24. The van der Waals surface area contributed by atoms with E-state index in [0.29, 0.717) is 13.2 Å². The van der Waals surface area contributed by atoms with Crippen LogP contribution in [0.15, 0.2) is 36.4 Å². The van der Waals surface area contributed by atoms with Crippen molar-refractivity contribution < 1.29 is 4.74 Å². The van der Waals surface area contributed by atoms with Gasteiger partial charge in [0, 0.05) is 18.7 Å². The van der Waals surface area contributed by atoms with E-state index in [4.69, 9.17) is 10.5 Å². The first-order valence-electron chi connectivity index (χ1n) is 6.35. The first-order chi connectivity index (χ1) is 9.36. The maximum Gasteiger partial charge on any atom is 0.151 e. The lowest BCUT2D eigenvalue weighted by atomic mass is 10.2. The molecular weight excluding hydrogens is 240 g/mol. The molecule has 5 nitrogen and oxygen atoms in total. The fourth-order valence-corrected chi connectivity index (χ4v) is 2.15. The van der Waals surface area contributed by atoms with E-state index in [9.17, 15) is 0 Å². The second-order valence-electron chi connectivity index (χ2n) is 4.46. The molecule has 0 amide bonds. The third-order valence-electron chi connectivity index (χ3n) is 3.19. The number of hydrogen-bond acceptors (Lipinski definition) is 5. The van der Waals surface area contributed by atoms with E-state index in [1.165, 1.54) is 5.56 Å². The van der Waals surface area contributed by atoms with Crippen molar-refractivity contribution in [2.45, 2.75) is 13.1 Å². The molecule has 0 unspecified atom stereocenters. The SMILES string of the molecule is NCc1ccc(N2CCOc3ccccc3C2)nn1. The standard InChI is InChI=1S/C14H16N4O/c15-9-12-5-6-14(17-16-12)18-7-8-19-13-4-2-1-3-11(13)10-18/h1-6H,7-10,15H2. The molecule has 0 spiro atoms. The predicted molar refractivity (Wildman–Crippen MR) is 72.9 cm³/mol. The van der Waals surface area contributed by atoms with Crippen LogP contribution < -0.4 is 15.4 Å². The van der Waals surface area contributed by atoms with Crippen LogP contribution in [0.3, 0.4) is 0 Å². The topological polar surface area (TPSA) is 64.3 Å². The van der Waals surface area contributed by atoms with Crippen molar-refractivity contribution in [1.29, 1.82) is 0 Å². The number of para-hydroxylation sites is 1. The summed E-state index contributed by atoms with van der Waals surface area (Å²) >= 11 is 0. The molecule has 0 saturated carbocycles. The van der Waals surface area contributed by atoms with E-state index >= 15 is 0 Å². The normalized spacial score (nSPS) is 14.5. The Kier molecular flexibility index (Phi) is 3.29. The van der Waals surface area contributed by atoms with Crippen LogP contribution in [0, 0.1) is 0 Å². The molecular formula is C14H16N4O. The van der Waals surface area contributed by atoms with Crippen LogP contribution in [0.1, 0.15) is 11.3 Å². The summed E-state index contributed by atoms with van der Waals surface area (Å²) < 4.78 is 5.74. The fourth-order valence-electron chi connectivity index (χ4n) is 2.15. The lowest BCUT2D eigenvalue weighted by molar-refractivity contribution is 0.331. The zero-order chi connectivity index (χ0) is 13.1. The van der Waals surface area contributed by atoms with Crippen LogP contribution >= 0.6 is 0 Å². The number of aromatic nitrogens is 2. The van der Waals surface area contributed by atoms with Crippen LogP contribution in [-0.4, -0.2) is 23.3 Å². The van der Waals surface area contributed by atoms with Gasteiger partial charge in [0.15, 0.2) is 5.82 Å². The van der Waals surface area contributed by atoms with Gasteiger partial charge in [-0.15, -0.1) is 5.10 Å². The average Bonchev–Trinajstić information content (AvgIpc) is 2.69. The Bertz CT molecular complexity index is 556. The van der Waals surface area contributed by atoms with Gasteiger partial charge in [-0.1, -0.05) is 18.2 Å². The van der Waals surface area contributed by atoms with Crippen LogP contribution in [0.4, 0.5) is 5.82 Å². The Labute approximate surface area is 112 Å². The number of rotatable bonds is 2. The monoisotopic (exact) mass is 256 g/mol. The van der Waals surface area contributed by atoms with Crippen LogP contribution in [0.5, 0.6) is 5.75 Å². The van der Waals surface area contributed by atoms with Gasteiger partial charge in [-0.2, -0.15) is 5.10 Å². The minimum Gasteiger partial charge on any atom is -0.491 e. The van der Waals surface area contributed by atoms with Gasteiger partial charge >= 0.3 is 0 Å². The fraction of sp³-hybridized carbons (Fsp3) is 0.286. The molecule has 0 atom stereocenters. The summed E-state index contributed by atoms with van der Waals surface area (Å²) in [6.07, 6.45) is 0. The Balaban J connectivity index is 1.85. The minimum absolute atomic E-state index is 0.416. The third-order valence-corrected chi connectivity index (χ3v) is 3.19. The Morgan fingerprint density at radius 1 is 1.16 bits per heavy atom. The van der Waals surface area contributed by atoms with Gasteiger partial charge in [0.05, 0.1) is 12.2 Å². The summed E-state index contributed by atoms with van der Waals surface area (Å²) in [5, 5.41) is 8.33. The summed E-state index contributed by atoms with van der Waals surface area (Å²) in [4.78, 5) is 2.17. The molecule has 0 bridgehead atoms. The van der Waals surface area contributed by atoms with Crippen LogP contribution in [-0.2, 0) is 13.1 Å². The summed E-state index contributed by atoms with van der Waals surface area (Å²) in [5.41, 5.74) is 7.50. The number of nitrogens with zero attached hydrogens (tertiary/aromatic N) is 3. The molecule has 1 aliphatic rings. The summed E-state index contributed by atoms with van der Waals surface area (Å²) in [7, 11) is 0. The Morgan fingerprint density at radius 2 is 2.05 bits per heavy atom. The first-order valence-corrected chi connectivity index (χ1v) is 6.35. The maximum absolute atomic E-state index is 5.74. The quantitative estimate of drug-likeness (QED) is 0.878. The highest BCUT2D eigenvalue weighted by Gasteiger charge is 2.16. The van der Waals surface area contributed by atoms with Gasteiger partial charge in [0.25, 0.3) is 0 Å². The molecule has 0 saturated heterocycles. The van der Waals surface area contributed by atoms with Crippen molar-refractivity contribution in [3.63, 3.8) is 0 Å². The Hall–Kier alpha value is -2.14. The number of nitrogens with two attached hydrogens (primary N) is 1. The highest BCUT2D eigenvalue weighted by molar-refractivity contribution is 5.43. The number of ether oxygens (including phenoxy) is 1. The molecule has 2 aromatic rings. The van der Waals surface area contributed by atoms with Gasteiger partial charge in [-0.05, 0) is 18.2 Å². The molecule has 1 aromatic heterocycles. The molecule has 3 rings (SSSR count). The highest BCUT2D eigenvalue weighted by atomic mass is 16.5. The predicted octanol–water partition coefficient (Wildman–Crippen LogP) is 1.33. The van der Waals surface area contributed by atoms with E-state index in [1.807, 2.05) is 30.3 Å². The van der Waals surface area contributed by atoms with Crippen molar-refractivity contribution in [3.8, 4) is 5.75 Å². The zero-order valence-electron chi connectivity index (χ0n) is 10.6. The van der Waals surface area contributed by atoms with Gasteiger partial charge in [-0.3, -0.25) is 0 Å². The molecule has 19 heavy (non-hydrogen) atoms. The molecule has 0 aliphatic carbocycles. The largest absolute Gasteiger partial charge is 0.491 e. The number of hydrogen-bond donors (Lipinski definition) is 1. The van der Waals surface area contributed by atoms with Crippen molar-refractivity contribution in [2.24, 2.45) is 5.73 Å². The van der Waals surface area contributed by atoms with Crippen molar-refractivity contribution in [1.82, 2.24) is 10.2 Å². The number of fused-ring (bicyclic) bond motifs is 1. The van der Waals surface area contributed by atoms with E-state index in [2.05, 4.69) is 21.2 Å². The first kappa shape index (κ1) is 11.9. The maximum atomic E-state index is 5.74. The van der Waals surface area contributed by atoms with Crippen LogP contribution in [0.2, 0.25) is 0 Å². The second-order valence-corrected chi connectivity index (χ2v) is 4.46. The van der Waals surface area contributed by atoms with Crippen molar-refractivity contribution >= 4 is 5.82 Å². The van der Waals surface area contributed by atoms with Gasteiger partial charge < -0.3 is 15.4 Å². The van der Waals surface area contributed by atoms with Gasteiger partial charge in [0.2, 0.25) is 0 Å². The molecule has 0 radical (unpaired) electrons. The molecule has 2 heterocycles. The molecule has 1 aromatic carbocycles. The lowest BCUT2D eigenvalue weighted by Crippen LogP contribution is -2.26. The highest BCUT2D eigenvalue weighted by Crippen LogP contribution is 2.24. The van der Waals surface area contributed by atoms with Crippen molar-refractivity contribution in [3.05, 3.63) is 47.7 Å². The van der Waals surface area contributed by atoms with E-state index in [1.54, 1.807) is 0 Å². The minimum atomic E-state index is 0.416. The summed E-state index contributed by atoms with van der Waals surface area (Å²) in [6, 6.07) is 12.0. The van der Waals surface area contributed by atoms with Crippen molar-refractivity contribution in [2.75, 3.05) is 18.1 Å².